The highest BCUT2D eigenvalue weighted by molar-refractivity contribution is 5.81. The first-order valence-electron chi connectivity index (χ1n) is 8.29. The van der Waals surface area contributed by atoms with Gasteiger partial charge in [0.05, 0.1) is 5.70 Å². The Balaban J connectivity index is 1.54. The molecular weight excluding hydrogens is 264 g/mol. The maximum absolute atomic E-state index is 12.1. The second-order valence-corrected chi connectivity index (χ2v) is 6.49. The van der Waals surface area contributed by atoms with Crippen LogP contribution in [0.1, 0.15) is 39.0 Å². The highest BCUT2D eigenvalue weighted by Crippen LogP contribution is 2.27. The summed E-state index contributed by atoms with van der Waals surface area (Å²) in [5, 5.41) is 0. The van der Waals surface area contributed by atoms with Gasteiger partial charge in [0, 0.05) is 19.5 Å². The summed E-state index contributed by atoms with van der Waals surface area (Å²) < 4.78 is 5.56. The minimum atomic E-state index is 0.104. The molecule has 4 nitrogen and oxygen atoms in total. The normalized spacial score (nSPS) is 26.8. The maximum atomic E-state index is 12.1. The lowest BCUT2D eigenvalue weighted by atomic mass is 10.0. The van der Waals surface area contributed by atoms with Crippen molar-refractivity contribution in [3.63, 3.8) is 0 Å². The van der Waals surface area contributed by atoms with E-state index in [4.69, 9.17) is 4.74 Å². The van der Waals surface area contributed by atoms with Crippen LogP contribution in [-0.4, -0.2) is 48.5 Å². The van der Waals surface area contributed by atoms with Gasteiger partial charge in [0.25, 0.3) is 5.91 Å². The predicted molar refractivity (Wildman–Crippen MR) is 82.5 cm³/mol. The Labute approximate surface area is 127 Å². The quantitative estimate of drug-likeness (QED) is 0.797. The Morgan fingerprint density at radius 2 is 2.29 bits per heavy atom. The Kier molecular flexibility index (Phi) is 4.63. The first-order valence-corrected chi connectivity index (χ1v) is 8.29. The van der Waals surface area contributed by atoms with E-state index in [1.165, 1.54) is 25.9 Å². The van der Waals surface area contributed by atoms with E-state index >= 15 is 0 Å². The fourth-order valence-electron chi connectivity index (χ4n) is 3.57. The van der Waals surface area contributed by atoms with Crippen molar-refractivity contribution in [3.05, 3.63) is 23.6 Å². The average molecular weight is 290 g/mol. The molecule has 2 aliphatic heterocycles. The van der Waals surface area contributed by atoms with Gasteiger partial charge in [0.15, 0.2) is 6.61 Å². The zero-order chi connectivity index (χ0) is 14.7. The van der Waals surface area contributed by atoms with Gasteiger partial charge in [0.2, 0.25) is 0 Å². The number of ether oxygens (including phenoxy) is 1. The molecule has 4 heteroatoms. The number of hydrogen-bond donors (Lipinski definition) is 0. The largest absolute Gasteiger partial charge is 0.486 e. The van der Waals surface area contributed by atoms with E-state index in [-0.39, 0.29) is 12.5 Å². The summed E-state index contributed by atoms with van der Waals surface area (Å²) >= 11 is 0. The summed E-state index contributed by atoms with van der Waals surface area (Å²) in [5.74, 6) is 1.93. The van der Waals surface area contributed by atoms with Gasteiger partial charge in [0.1, 0.15) is 5.76 Å². The first kappa shape index (κ1) is 14.6. The third kappa shape index (κ3) is 3.49. The number of likely N-dealkylation sites (tertiary alicyclic amines) is 1. The van der Waals surface area contributed by atoms with Crippen LogP contribution in [0.2, 0.25) is 0 Å². The van der Waals surface area contributed by atoms with Gasteiger partial charge in [-0.3, -0.25) is 4.79 Å². The fraction of sp³-hybridized carbons (Fsp3) is 0.706. The fourth-order valence-corrected chi connectivity index (χ4v) is 3.57. The van der Waals surface area contributed by atoms with Crippen LogP contribution >= 0.6 is 0 Å². The molecule has 0 aromatic rings. The lowest BCUT2D eigenvalue weighted by Crippen LogP contribution is -2.41. The van der Waals surface area contributed by atoms with E-state index in [1.54, 1.807) is 0 Å². The number of carbonyl (C=O) groups is 1. The van der Waals surface area contributed by atoms with Gasteiger partial charge in [-0.05, 0) is 50.8 Å². The van der Waals surface area contributed by atoms with Gasteiger partial charge in [-0.1, -0.05) is 13.0 Å². The number of rotatable bonds is 4. The molecule has 2 heterocycles. The van der Waals surface area contributed by atoms with Crippen molar-refractivity contribution in [1.29, 1.82) is 0 Å². The van der Waals surface area contributed by atoms with Crippen molar-refractivity contribution >= 4 is 5.91 Å². The zero-order valence-corrected chi connectivity index (χ0v) is 13.0. The lowest BCUT2D eigenvalue weighted by Gasteiger charge is -2.34. The molecule has 116 valence electrons. The summed E-state index contributed by atoms with van der Waals surface area (Å²) in [6, 6.07) is 0. The standard InChI is InChI=1S/C17H26N2O2/c1-14-6-4-9-18(12-14)10-5-11-19-15-7-2-3-8-16(15)21-13-17(19)20/h2,7,14H,3-6,8-13H2,1H3/t14-/m1/s1. The van der Waals surface area contributed by atoms with E-state index in [9.17, 15) is 4.79 Å². The average Bonchev–Trinajstić information content (AvgIpc) is 2.50. The van der Waals surface area contributed by atoms with Gasteiger partial charge in [-0.25, -0.2) is 0 Å². The molecule has 0 radical (unpaired) electrons. The Hall–Kier alpha value is -1.29. The molecule has 1 saturated heterocycles. The number of allylic oxidation sites excluding steroid dienone is 3. The third-order valence-corrected chi connectivity index (χ3v) is 4.66. The van der Waals surface area contributed by atoms with Crippen LogP contribution in [-0.2, 0) is 9.53 Å². The number of hydrogen-bond acceptors (Lipinski definition) is 3. The van der Waals surface area contributed by atoms with Gasteiger partial charge in [-0.2, -0.15) is 0 Å². The molecule has 0 spiro atoms. The predicted octanol–water partition coefficient (Wildman–Crippen LogP) is 2.53. The monoisotopic (exact) mass is 290 g/mol. The van der Waals surface area contributed by atoms with Crippen molar-refractivity contribution < 1.29 is 9.53 Å². The Bertz CT molecular complexity index is 456. The highest BCUT2D eigenvalue weighted by atomic mass is 16.5. The van der Waals surface area contributed by atoms with Gasteiger partial charge >= 0.3 is 0 Å². The van der Waals surface area contributed by atoms with Gasteiger partial charge in [-0.15, -0.1) is 0 Å². The second kappa shape index (κ2) is 6.65. The molecule has 3 rings (SSSR count). The molecule has 0 unspecified atom stereocenters. The molecule has 0 bridgehead atoms. The van der Waals surface area contributed by atoms with Crippen LogP contribution in [0.25, 0.3) is 0 Å². The molecule has 1 aliphatic carbocycles. The first-order chi connectivity index (χ1) is 10.2. The van der Waals surface area contributed by atoms with E-state index in [2.05, 4.69) is 24.0 Å². The van der Waals surface area contributed by atoms with E-state index in [0.29, 0.717) is 0 Å². The van der Waals surface area contributed by atoms with E-state index < -0.39 is 0 Å². The molecule has 1 atom stereocenters. The van der Waals surface area contributed by atoms with Gasteiger partial charge < -0.3 is 14.5 Å². The summed E-state index contributed by atoms with van der Waals surface area (Å²) in [6.45, 7) is 6.90. The third-order valence-electron chi connectivity index (χ3n) is 4.66. The number of amides is 1. The molecule has 0 saturated carbocycles. The van der Waals surface area contributed by atoms with Crippen LogP contribution in [0.15, 0.2) is 23.6 Å². The summed E-state index contributed by atoms with van der Waals surface area (Å²) in [7, 11) is 0. The molecule has 21 heavy (non-hydrogen) atoms. The van der Waals surface area contributed by atoms with Crippen LogP contribution in [0.3, 0.4) is 0 Å². The lowest BCUT2D eigenvalue weighted by molar-refractivity contribution is -0.135. The van der Waals surface area contributed by atoms with E-state index in [0.717, 1.165) is 49.7 Å². The minimum absolute atomic E-state index is 0.104. The molecule has 0 aromatic heterocycles. The van der Waals surface area contributed by atoms with Crippen molar-refractivity contribution in [2.45, 2.75) is 39.0 Å². The van der Waals surface area contributed by atoms with Crippen molar-refractivity contribution in [1.82, 2.24) is 9.80 Å². The van der Waals surface area contributed by atoms with Crippen LogP contribution in [0, 0.1) is 5.92 Å². The maximum Gasteiger partial charge on any atom is 0.264 e. The molecule has 1 fully saturated rings. The minimum Gasteiger partial charge on any atom is -0.486 e. The number of carbonyl (C=O) groups excluding carboxylic acids is 1. The zero-order valence-electron chi connectivity index (χ0n) is 13.0. The van der Waals surface area contributed by atoms with Crippen LogP contribution in [0.5, 0.6) is 0 Å². The van der Waals surface area contributed by atoms with Crippen molar-refractivity contribution in [2.75, 3.05) is 32.8 Å². The SMILES string of the molecule is C[C@@H]1CCCN(CCCN2C(=O)COC3=C2C=CCC3)C1. The summed E-state index contributed by atoms with van der Waals surface area (Å²) in [5.41, 5.74) is 1.00. The Morgan fingerprint density at radius 1 is 1.38 bits per heavy atom. The van der Waals surface area contributed by atoms with E-state index in [1.807, 2.05) is 4.90 Å². The van der Waals surface area contributed by atoms with Crippen LogP contribution < -0.4 is 0 Å². The van der Waals surface area contributed by atoms with Crippen LogP contribution in [0.4, 0.5) is 0 Å². The summed E-state index contributed by atoms with van der Waals surface area (Å²) in [4.78, 5) is 16.6. The second-order valence-electron chi connectivity index (χ2n) is 6.49. The number of piperidine rings is 1. The molecule has 0 N–H and O–H groups in total. The van der Waals surface area contributed by atoms with Crippen molar-refractivity contribution in [2.24, 2.45) is 5.92 Å². The smallest absolute Gasteiger partial charge is 0.264 e. The molecule has 1 amide bonds. The topological polar surface area (TPSA) is 32.8 Å². The highest BCUT2D eigenvalue weighted by Gasteiger charge is 2.27. The Morgan fingerprint density at radius 3 is 3.14 bits per heavy atom. The molecule has 0 aromatic carbocycles. The number of nitrogens with zero attached hydrogens (tertiary/aromatic N) is 2. The summed E-state index contributed by atoms with van der Waals surface area (Å²) in [6.07, 6.45) is 9.86. The van der Waals surface area contributed by atoms with Crippen molar-refractivity contribution in [3.8, 4) is 0 Å². The molecular formula is C17H26N2O2. The molecule has 3 aliphatic rings.